The summed E-state index contributed by atoms with van der Waals surface area (Å²) in [7, 11) is 1.70. The lowest BCUT2D eigenvalue weighted by Crippen LogP contribution is -2.36. The summed E-state index contributed by atoms with van der Waals surface area (Å²) in [5.41, 5.74) is 1.54. The minimum Gasteiger partial charge on any atom is -0.360 e. The first kappa shape index (κ1) is 22.2. The topological polar surface area (TPSA) is 105 Å². The summed E-state index contributed by atoms with van der Waals surface area (Å²) in [5, 5.41) is 14.0. The van der Waals surface area contributed by atoms with Crippen molar-refractivity contribution in [3.8, 4) is 5.69 Å². The molecule has 2 aromatic heterocycles. The Labute approximate surface area is 181 Å². The molecule has 2 amide bonds. The molecule has 9 heteroatoms. The molecule has 9 nitrogen and oxygen atoms in total. The van der Waals surface area contributed by atoms with Crippen LogP contribution in [-0.4, -0.2) is 51.8 Å². The van der Waals surface area contributed by atoms with Crippen molar-refractivity contribution >= 4 is 23.5 Å². The fourth-order valence-corrected chi connectivity index (χ4v) is 2.94. The van der Waals surface area contributed by atoms with Crippen molar-refractivity contribution in [3.05, 3.63) is 53.9 Å². The van der Waals surface area contributed by atoms with Crippen LogP contribution in [0.4, 0.5) is 11.6 Å². The third-order valence-electron chi connectivity index (χ3n) is 4.47. The molecule has 3 rings (SSSR count). The van der Waals surface area contributed by atoms with Gasteiger partial charge in [0, 0.05) is 17.5 Å². The summed E-state index contributed by atoms with van der Waals surface area (Å²) >= 11 is 0. The number of aryl methyl sites for hydroxylation is 1. The maximum absolute atomic E-state index is 12.7. The van der Waals surface area contributed by atoms with Crippen LogP contribution in [0.25, 0.3) is 5.69 Å². The molecule has 0 spiro atoms. The fourth-order valence-electron chi connectivity index (χ4n) is 2.94. The molecule has 0 radical (unpaired) electrons. The average molecular weight is 425 g/mol. The fraction of sp³-hybridized carbons (Fsp3) is 0.364. The molecule has 164 valence electrons. The van der Waals surface area contributed by atoms with Crippen LogP contribution >= 0.6 is 0 Å². The highest BCUT2D eigenvalue weighted by atomic mass is 16.5. The maximum Gasteiger partial charge on any atom is 0.239 e. The number of likely N-dealkylation sites (N-methyl/N-ethyl adjacent to an activating group) is 1. The second-order valence-electron chi connectivity index (χ2n) is 8.50. The summed E-state index contributed by atoms with van der Waals surface area (Å²) in [6.07, 6.45) is 0. The van der Waals surface area contributed by atoms with Crippen molar-refractivity contribution < 1.29 is 14.1 Å². The van der Waals surface area contributed by atoms with Gasteiger partial charge in [0.1, 0.15) is 11.6 Å². The van der Waals surface area contributed by atoms with Crippen molar-refractivity contribution in [1.82, 2.24) is 19.8 Å². The van der Waals surface area contributed by atoms with E-state index in [2.05, 4.69) is 41.7 Å². The second kappa shape index (κ2) is 9.13. The van der Waals surface area contributed by atoms with E-state index in [4.69, 9.17) is 4.52 Å². The summed E-state index contributed by atoms with van der Waals surface area (Å²) in [6, 6.07) is 13.1. The van der Waals surface area contributed by atoms with Crippen molar-refractivity contribution in [1.29, 1.82) is 0 Å². The van der Waals surface area contributed by atoms with E-state index in [1.54, 1.807) is 29.6 Å². The zero-order valence-electron chi connectivity index (χ0n) is 18.5. The normalized spacial score (nSPS) is 11.5. The van der Waals surface area contributed by atoms with Crippen LogP contribution in [0.5, 0.6) is 0 Å². The van der Waals surface area contributed by atoms with Gasteiger partial charge in [-0.2, -0.15) is 5.10 Å². The number of amides is 2. The molecular weight excluding hydrogens is 396 g/mol. The number of hydrogen-bond donors (Lipinski definition) is 2. The van der Waals surface area contributed by atoms with Gasteiger partial charge in [-0.3, -0.25) is 14.5 Å². The van der Waals surface area contributed by atoms with Crippen LogP contribution in [-0.2, 0) is 15.0 Å². The molecule has 2 heterocycles. The number of nitrogens with one attached hydrogen (secondary N) is 2. The Morgan fingerprint density at radius 3 is 2.29 bits per heavy atom. The summed E-state index contributed by atoms with van der Waals surface area (Å²) in [6.45, 7) is 8.02. The van der Waals surface area contributed by atoms with Gasteiger partial charge in [-0.15, -0.1) is 0 Å². The molecule has 0 aliphatic carbocycles. The Morgan fingerprint density at radius 1 is 1.06 bits per heavy atom. The van der Waals surface area contributed by atoms with Crippen LogP contribution in [0.2, 0.25) is 0 Å². The Balaban J connectivity index is 1.65. The van der Waals surface area contributed by atoms with Crippen LogP contribution < -0.4 is 10.6 Å². The van der Waals surface area contributed by atoms with E-state index in [1.807, 2.05) is 36.4 Å². The second-order valence-corrected chi connectivity index (χ2v) is 8.50. The number of anilines is 2. The highest BCUT2D eigenvalue weighted by Gasteiger charge is 2.22. The Bertz CT molecular complexity index is 1050. The number of carbonyl (C=O) groups excluding carboxylic acids is 2. The van der Waals surface area contributed by atoms with E-state index in [0.717, 1.165) is 11.4 Å². The highest BCUT2D eigenvalue weighted by molar-refractivity contribution is 5.94. The van der Waals surface area contributed by atoms with Crippen LogP contribution in [0.3, 0.4) is 0 Å². The monoisotopic (exact) mass is 424 g/mol. The lowest BCUT2D eigenvalue weighted by atomic mass is 9.92. The SMILES string of the molecule is Cc1cc(NC(=O)CN(C)CC(=O)Nc2cc(C(C)(C)C)nn2-c2ccccc2)no1. The molecule has 0 aliphatic rings. The summed E-state index contributed by atoms with van der Waals surface area (Å²) in [4.78, 5) is 26.4. The quantitative estimate of drug-likeness (QED) is 0.604. The van der Waals surface area contributed by atoms with E-state index in [-0.39, 0.29) is 30.3 Å². The molecular formula is C22H28N6O3. The molecule has 0 saturated heterocycles. The number of para-hydroxylation sites is 1. The third kappa shape index (κ3) is 6.02. The molecule has 0 unspecified atom stereocenters. The van der Waals surface area contributed by atoms with Gasteiger partial charge in [-0.25, -0.2) is 4.68 Å². The van der Waals surface area contributed by atoms with Gasteiger partial charge in [0.05, 0.1) is 24.5 Å². The smallest absolute Gasteiger partial charge is 0.239 e. The Kier molecular flexibility index (Phi) is 6.55. The molecule has 31 heavy (non-hydrogen) atoms. The van der Waals surface area contributed by atoms with Crippen LogP contribution in [0.15, 0.2) is 47.0 Å². The zero-order chi connectivity index (χ0) is 22.6. The highest BCUT2D eigenvalue weighted by Crippen LogP contribution is 2.26. The predicted molar refractivity (Wildman–Crippen MR) is 118 cm³/mol. The number of nitrogens with zero attached hydrogens (tertiary/aromatic N) is 4. The lowest BCUT2D eigenvalue weighted by molar-refractivity contribution is -0.119. The minimum absolute atomic E-state index is 0.0323. The van der Waals surface area contributed by atoms with Crippen LogP contribution in [0, 0.1) is 6.92 Å². The molecule has 0 saturated carbocycles. The predicted octanol–water partition coefficient (Wildman–Crippen LogP) is 2.98. The van der Waals surface area contributed by atoms with Gasteiger partial charge in [0.25, 0.3) is 0 Å². The zero-order valence-corrected chi connectivity index (χ0v) is 18.5. The van der Waals surface area contributed by atoms with Gasteiger partial charge >= 0.3 is 0 Å². The van der Waals surface area contributed by atoms with Gasteiger partial charge in [0.2, 0.25) is 11.8 Å². The number of rotatable bonds is 7. The van der Waals surface area contributed by atoms with Crippen molar-refractivity contribution in [3.63, 3.8) is 0 Å². The largest absolute Gasteiger partial charge is 0.360 e. The van der Waals surface area contributed by atoms with Gasteiger partial charge < -0.3 is 15.2 Å². The van der Waals surface area contributed by atoms with Gasteiger partial charge in [-0.05, 0) is 26.1 Å². The molecule has 3 aromatic rings. The Morgan fingerprint density at radius 2 is 1.71 bits per heavy atom. The van der Waals surface area contributed by atoms with Crippen molar-refractivity contribution in [2.75, 3.05) is 30.8 Å². The van der Waals surface area contributed by atoms with E-state index in [0.29, 0.717) is 17.4 Å². The molecule has 2 N–H and O–H groups in total. The molecule has 0 atom stereocenters. The summed E-state index contributed by atoms with van der Waals surface area (Å²) < 4.78 is 6.64. The first-order valence-corrected chi connectivity index (χ1v) is 9.99. The van der Waals surface area contributed by atoms with Gasteiger partial charge in [-0.1, -0.05) is 44.1 Å². The number of hydrogen-bond acceptors (Lipinski definition) is 6. The van der Waals surface area contributed by atoms with Crippen LogP contribution in [0.1, 0.15) is 32.2 Å². The van der Waals surface area contributed by atoms with Crippen molar-refractivity contribution in [2.24, 2.45) is 0 Å². The molecule has 0 fully saturated rings. The minimum atomic E-state index is -0.284. The van der Waals surface area contributed by atoms with E-state index in [1.165, 1.54) is 0 Å². The number of benzene rings is 1. The molecule has 1 aromatic carbocycles. The average Bonchev–Trinajstić information content (AvgIpc) is 3.28. The van der Waals surface area contributed by atoms with Gasteiger partial charge in [0.15, 0.2) is 5.82 Å². The number of aromatic nitrogens is 3. The molecule has 0 bridgehead atoms. The van der Waals surface area contributed by atoms with E-state index in [9.17, 15) is 9.59 Å². The number of carbonyl (C=O) groups is 2. The van der Waals surface area contributed by atoms with E-state index < -0.39 is 0 Å². The first-order chi connectivity index (χ1) is 14.6. The standard InChI is InChI=1S/C22H28N6O3/c1-15-11-18(26-31-15)23-20(29)13-27(5)14-21(30)24-19-12-17(22(2,3)4)25-28(19)16-9-7-6-8-10-16/h6-12H,13-14H2,1-5H3,(H,24,30)(H,23,26,29). The third-order valence-corrected chi connectivity index (χ3v) is 4.47. The lowest BCUT2D eigenvalue weighted by Gasteiger charge is -2.15. The van der Waals surface area contributed by atoms with E-state index >= 15 is 0 Å². The molecule has 0 aliphatic heterocycles. The summed E-state index contributed by atoms with van der Waals surface area (Å²) in [5.74, 6) is 1.00. The Hall–Kier alpha value is -3.46. The maximum atomic E-state index is 12.7. The van der Waals surface area contributed by atoms with Crippen molar-refractivity contribution in [2.45, 2.75) is 33.1 Å². The first-order valence-electron chi connectivity index (χ1n) is 9.99.